The molecule has 136 valence electrons. The van der Waals surface area contributed by atoms with Crippen molar-refractivity contribution in [1.82, 2.24) is 16.0 Å². The zero-order chi connectivity index (χ0) is 17.4. The van der Waals surface area contributed by atoms with Crippen LogP contribution in [0.1, 0.15) is 58.8 Å². The molecule has 0 aromatic carbocycles. The fourth-order valence-corrected chi connectivity index (χ4v) is 5.33. The van der Waals surface area contributed by atoms with Crippen LogP contribution in [0.2, 0.25) is 0 Å². The van der Waals surface area contributed by atoms with Crippen LogP contribution in [0, 0.1) is 17.8 Å². The Morgan fingerprint density at radius 3 is 2.12 bits per heavy atom. The topological polar surface area (TPSA) is 96.2 Å². The highest BCUT2D eigenvalue weighted by molar-refractivity contribution is 5.79. The Bertz CT molecular complexity index is 468. The Kier molecular flexibility index (Phi) is 4.78. The quantitative estimate of drug-likeness (QED) is 0.592. The lowest BCUT2D eigenvalue weighted by molar-refractivity contribution is -0.122. The second kappa shape index (κ2) is 6.54. The van der Waals surface area contributed by atoms with Gasteiger partial charge >= 0.3 is 6.03 Å². The van der Waals surface area contributed by atoms with Crippen molar-refractivity contribution in [3.8, 4) is 0 Å². The van der Waals surface area contributed by atoms with Gasteiger partial charge in [0.05, 0.1) is 0 Å². The molecule has 4 saturated carbocycles. The molecule has 0 aromatic heterocycles. The van der Waals surface area contributed by atoms with Gasteiger partial charge in [-0.1, -0.05) is 0 Å². The van der Waals surface area contributed by atoms with E-state index in [0.717, 1.165) is 37.0 Å². The third kappa shape index (κ3) is 4.02. The first kappa shape index (κ1) is 17.5. The van der Waals surface area contributed by atoms with E-state index in [-0.39, 0.29) is 23.9 Å². The fourth-order valence-electron chi connectivity index (χ4n) is 5.33. The second-order valence-corrected chi connectivity index (χ2v) is 8.96. The molecule has 6 nitrogen and oxygen atoms in total. The number of urea groups is 1. The highest BCUT2D eigenvalue weighted by atomic mass is 16.2. The van der Waals surface area contributed by atoms with Gasteiger partial charge in [-0.05, 0) is 70.1 Å². The summed E-state index contributed by atoms with van der Waals surface area (Å²) in [6, 6.07) is -0.122. The van der Waals surface area contributed by atoms with Gasteiger partial charge in [-0.2, -0.15) is 0 Å². The van der Waals surface area contributed by atoms with E-state index in [0.29, 0.717) is 13.1 Å². The highest BCUT2D eigenvalue weighted by Gasteiger charge is 2.51. The number of hydrogen-bond acceptors (Lipinski definition) is 3. The summed E-state index contributed by atoms with van der Waals surface area (Å²) in [6.45, 7) is 4.51. The average Bonchev–Trinajstić information content (AvgIpc) is 2.44. The van der Waals surface area contributed by atoms with Gasteiger partial charge in [0.2, 0.25) is 5.91 Å². The summed E-state index contributed by atoms with van der Waals surface area (Å²) >= 11 is 0. The van der Waals surface area contributed by atoms with Gasteiger partial charge in [0, 0.05) is 30.6 Å². The van der Waals surface area contributed by atoms with Crippen LogP contribution in [0.15, 0.2) is 0 Å². The molecule has 0 heterocycles. The molecule has 0 atom stereocenters. The van der Waals surface area contributed by atoms with Gasteiger partial charge in [0.1, 0.15) is 0 Å². The van der Waals surface area contributed by atoms with Crippen LogP contribution in [0.4, 0.5) is 4.79 Å². The maximum Gasteiger partial charge on any atom is 0.315 e. The first-order valence-corrected chi connectivity index (χ1v) is 9.36. The predicted molar refractivity (Wildman–Crippen MR) is 93.3 cm³/mol. The van der Waals surface area contributed by atoms with E-state index in [1.807, 2.05) is 13.8 Å². The molecule has 0 saturated heterocycles. The molecule has 4 aliphatic rings. The number of nitrogens with two attached hydrogens (primary N) is 1. The maximum atomic E-state index is 12.3. The molecule has 5 N–H and O–H groups in total. The first-order chi connectivity index (χ1) is 11.3. The van der Waals surface area contributed by atoms with Crippen molar-refractivity contribution < 1.29 is 9.59 Å². The standard InChI is InChI=1S/C18H32N4O2/c1-17(2,11-19)21-15(23)3-4-20-16(24)22-18-8-12-5-13(9-18)7-14(6-12)10-18/h12-14H,3-11,19H2,1-2H3,(H,21,23)(H2,20,22,24). The molecule has 3 amide bonds. The SMILES string of the molecule is CC(C)(CN)NC(=O)CCNC(=O)NC12CC3CC(CC(C3)C1)C2. The van der Waals surface area contributed by atoms with E-state index >= 15 is 0 Å². The Morgan fingerprint density at radius 1 is 1.08 bits per heavy atom. The van der Waals surface area contributed by atoms with Crippen LogP contribution >= 0.6 is 0 Å². The third-order valence-corrected chi connectivity index (χ3v) is 6.04. The Morgan fingerprint density at radius 2 is 1.62 bits per heavy atom. The molecule has 4 bridgehead atoms. The van der Waals surface area contributed by atoms with Crippen molar-refractivity contribution in [2.75, 3.05) is 13.1 Å². The van der Waals surface area contributed by atoms with Crippen molar-refractivity contribution in [3.05, 3.63) is 0 Å². The van der Waals surface area contributed by atoms with Crippen LogP contribution < -0.4 is 21.7 Å². The highest BCUT2D eigenvalue weighted by Crippen LogP contribution is 2.55. The summed E-state index contributed by atoms with van der Waals surface area (Å²) in [5.74, 6) is 2.34. The van der Waals surface area contributed by atoms with Crippen LogP contribution in [0.5, 0.6) is 0 Å². The van der Waals surface area contributed by atoms with E-state index in [1.54, 1.807) is 0 Å². The van der Waals surface area contributed by atoms with Gasteiger partial charge in [0.15, 0.2) is 0 Å². The molecule has 0 spiro atoms. The molecule has 24 heavy (non-hydrogen) atoms. The van der Waals surface area contributed by atoms with Crippen molar-refractivity contribution >= 4 is 11.9 Å². The summed E-state index contributed by atoms with van der Waals surface area (Å²) in [6.07, 6.45) is 7.77. The Labute approximate surface area is 144 Å². The van der Waals surface area contributed by atoms with E-state index < -0.39 is 5.54 Å². The van der Waals surface area contributed by atoms with Crippen LogP contribution in [0.3, 0.4) is 0 Å². The van der Waals surface area contributed by atoms with Crippen LogP contribution in [0.25, 0.3) is 0 Å². The molecule has 6 heteroatoms. The van der Waals surface area contributed by atoms with E-state index in [1.165, 1.54) is 19.3 Å². The second-order valence-electron chi connectivity index (χ2n) is 8.96. The van der Waals surface area contributed by atoms with E-state index in [9.17, 15) is 9.59 Å². The van der Waals surface area contributed by atoms with Crippen LogP contribution in [-0.2, 0) is 4.79 Å². The monoisotopic (exact) mass is 336 g/mol. The predicted octanol–water partition coefficient (Wildman–Crippen LogP) is 1.50. The number of hydrogen-bond donors (Lipinski definition) is 4. The smallest absolute Gasteiger partial charge is 0.315 e. The molecule has 0 aromatic rings. The molecule has 4 aliphatic carbocycles. The number of nitrogens with one attached hydrogen (secondary N) is 3. The van der Waals surface area contributed by atoms with E-state index in [2.05, 4.69) is 16.0 Å². The Hall–Kier alpha value is -1.30. The number of amides is 3. The molecule has 0 unspecified atom stereocenters. The maximum absolute atomic E-state index is 12.3. The minimum Gasteiger partial charge on any atom is -0.350 e. The summed E-state index contributed by atoms with van der Waals surface area (Å²) in [5.41, 5.74) is 5.21. The molecule has 0 aliphatic heterocycles. The lowest BCUT2D eigenvalue weighted by Gasteiger charge is -2.56. The molecular weight excluding hydrogens is 304 g/mol. The molecule has 0 radical (unpaired) electrons. The number of carbonyl (C=O) groups excluding carboxylic acids is 2. The lowest BCUT2D eigenvalue weighted by atomic mass is 9.53. The van der Waals surface area contributed by atoms with Crippen LogP contribution in [-0.4, -0.2) is 36.1 Å². The first-order valence-electron chi connectivity index (χ1n) is 9.36. The van der Waals surface area contributed by atoms with Crippen molar-refractivity contribution in [2.45, 2.75) is 69.9 Å². The number of rotatable bonds is 6. The summed E-state index contributed by atoms with van der Waals surface area (Å²) in [7, 11) is 0. The van der Waals surface area contributed by atoms with Crippen molar-refractivity contribution in [3.63, 3.8) is 0 Å². The molecule has 4 rings (SSSR count). The average molecular weight is 336 g/mol. The third-order valence-electron chi connectivity index (χ3n) is 6.04. The minimum absolute atomic E-state index is 0.0165. The molecular formula is C18H32N4O2. The van der Waals surface area contributed by atoms with Gasteiger partial charge in [-0.25, -0.2) is 4.79 Å². The van der Waals surface area contributed by atoms with Gasteiger partial charge in [0.25, 0.3) is 0 Å². The Balaban J connectivity index is 1.41. The zero-order valence-corrected chi connectivity index (χ0v) is 15.0. The largest absolute Gasteiger partial charge is 0.350 e. The van der Waals surface area contributed by atoms with E-state index in [4.69, 9.17) is 5.73 Å². The fraction of sp³-hybridized carbons (Fsp3) is 0.889. The zero-order valence-electron chi connectivity index (χ0n) is 15.0. The number of carbonyl (C=O) groups is 2. The molecule has 4 fully saturated rings. The normalized spacial score (nSPS) is 34.0. The van der Waals surface area contributed by atoms with Crippen molar-refractivity contribution in [2.24, 2.45) is 23.5 Å². The summed E-state index contributed by atoms with van der Waals surface area (Å²) in [4.78, 5) is 24.1. The lowest BCUT2D eigenvalue weighted by Crippen LogP contribution is -2.61. The van der Waals surface area contributed by atoms with Crippen molar-refractivity contribution in [1.29, 1.82) is 0 Å². The van der Waals surface area contributed by atoms with Gasteiger partial charge in [-0.15, -0.1) is 0 Å². The van der Waals surface area contributed by atoms with Gasteiger partial charge in [-0.3, -0.25) is 4.79 Å². The summed E-state index contributed by atoms with van der Waals surface area (Å²) in [5, 5.41) is 8.98. The van der Waals surface area contributed by atoms with Gasteiger partial charge < -0.3 is 21.7 Å². The summed E-state index contributed by atoms with van der Waals surface area (Å²) < 4.78 is 0. The minimum atomic E-state index is -0.404.